The number of hydrogen-bond acceptors (Lipinski definition) is 3. The normalized spacial score (nSPS) is 10.2. The summed E-state index contributed by atoms with van der Waals surface area (Å²) in [6.07, 6.45) is 5.89. The summed E-state index contributed by atoms with van der Waals surface area (Å²) in [5, 5.41) is 0. The van der Waals surface area contributed by atoms with Crippen molar-refractivity contribution < 1.29 is 4.79 Å². The summed E-state index contributed by atoms with van der Waals surface area (Å²) in [6.45, 7) is 2.03. The van der Waals surface area contributed by atoms with Crippen LogP contribution >= 0.6 is 0 Å². The van der Waals surface area contributed by atoms with E-state index in [2.05, 4.69) is 15.4 Å². The molecule has 0 radical (unpaired) electrons. The van der Waals surface area contributed by atoms with Gasteiger partial charge in [0.05, 0.1) is 5.56 Å². The van der Waals surface area contributed by atoms with Crippen molar-refractivity contribution >= 4 is 5.91 Å². The highest BCUT2D eigenvalue weighted by molar-refractivity contribution is 6.01. The lowest BCUT2D eigenvalue weighted by Gasteiger charge is -2.05. The minimum atomic E-state index is -0.298. The fourth-order valence-electron chi connectivity index (χ4n) is 1.85. The molecule has 2 aromatic rings. The molecular formula is C12H14N4O. The Balaban J connectivity index is 2.58. The van der Waals surface area contributed by atoms with Gasteiger partial charge in [0.25, 0.3) is 5.91 Å². The fraction of sp³-hybridized carbons (Fsp3) is 0.167. The molecule has 0 aromatic carbocycles. The molecule has 0 spiro atoms. The fourth-order valence-corrected chi connectivity index (χ4v) is 1.85. The molecule has 5 nitrogen and oxygen atoms in total. The molecule has 4 N–H and O–H groups in total. The standard InChI is InChI=1S/C12H14N4O/c1-2-10-11(8-3-5-14-6-4-8)9(7-15-10)12(17)16-13/h3-7,15H,2,13H2,1H3,(H,16,17). The maximum Gasteiger partial charge on any atom is 0.267 e. The number of nitrogens with one attached hydrogen (secondary N) is 2. The van der Waals surface area contributed by atoms with Crippen molar-refractivity contribution in [3.05, 3.63) is 42.0 Å². The van der Waals surface area contributed by atoms with E-state index in [-0.39, 0.29) is 5.91 Å². The second kappa shape index (κ2) is 4.80. The smallest absolute Gasteiger partial charge is 0.267 e. The van der Waals surface area contributed by atoms with E-state index in [0.717, 1.165) is 23.2 Å². The molecule has 2 rings (SSSR count). The van der Waals surface area contributed by atoms with Crippen molar-refractivity contribution in [2.45, 2.75) is 13.3 Å². The monoisotopic (exact) mass is 230 g/mol. The third-order valence-electron chi connectivity index (χ3n) is 2.66. The number of aromatic nitrogens is 2. The summed E-state index contributed by atoms with van der Waals surface area (Å²) in [5.41, 5.74) is 5.56. The van der Waals surface area contributed by atoms with Gasteiger partial charge >= 0.3 is 0 Å². The Kier molecular flexibility index (Phi) is 3.20. The second-order valence-corrected chi connectivity index (χ2v) is 3.62. The van der Waals surface area contributed by atoms with Crippen LogP contribution in [0, 0.1) is 0 Å². The number of nitrogen functional groups attached to an aromatic ring is 1. The lowest BCUT2D eigenvalue weighted by Crippen LogP contribution is -2.30. The van der Waals surface area contributed by atoms with E-state index >= 15 is 0 Å². The highest BCUT2D eigenvalue weighted by Crippen LogP contribution is 2.27. The quantitative estimate of drug-likeness (QED) is 0.421. The molecule has 0 saturated heterocycles. The molecule has 0 aliphatic rings. The zero-order valence-corrected chi connectivity index (χ0v) is 9.53. The molecule has 17 heavy (non-hydrogen) atoms. The average Bonchev–Trinajstić information content (AvgIpc) is 2.82. The van der Waals surface area contributed by atoms with E-state index in [4.69, 9.17) is 5.84 Å². The number of carbonyl (C=O) groups excluding carboxylic acids is 1. The Bertz CT molecular complexity index is 519. The number of nitrogens with two attached hydrogens (primary N) is 1. The molecule has 0 aliphatic heterocycles. The molecule has 2 heterocycles. The first kappa shape index (κ1) is 11.3. The van der Waals surface area contributed by atoms with Crippen molar-refractivity contribution in [3.63, 3.8) is 0 Å². The van der Waals surface area contributed by atoms with Crippen molar-refractivity contribution in [1.82, 2.24) is 15.4 Å². The minimum absolute atomic E-state index is 0.298. The summed E-state index contributed by atoms with van der Waals surface area (Å²) in [7, 11) is 0. The summed E-state index contributed by atoms with van der Waals surface area (Å²) >= 11 is 0. The van der Waals surface area contributed by atoms with Gasteiger partial charge in [0.2, 0.25) is 0 Å². The summed E-state index contributed by atoms with van der Waals surface area (Å²) in [4.78, 5) is 18.7. The van der Waals surface area contributed by atoms with Gasteiger partial charge < -0.3 is 4.98 Å². The molecular weight excluding hydrogens is 216 g/mol. The van der Waals surface area contributed by atoms with Gasteiger partial charge in [0.1, 0.15) is 0 Å². The number of carbonyl (C=O) groups is 1. The highest BCUT2D eigenvalue weighted by Gasteiger charge is 2.16. The molecule has 0 fully saturated rings. The van der Waals surface area contributed by atoms with Crippen LogP contribution in [0.1, 0.15) is 23.0 Å². The molecule has 0 aliphatic carbocycles. The first-order chi connectivity index (χ1) is 8.27. The molecule has 1 amide bonds. The summed E-state index contributed by atoms with van der Waals surface area (Å²) < 4.78 is 0. The van der Waals surface area contributed by atoms with Gasteiger partial charge in [-0.15, -0.1) is 0 Å². The van der Waals surface area contributed by atoms with Crippen molar-refractivity contribution in [2.24, 2.45) is 5.84 Å². The van der Waals surface area contributed by atoms with E-state index in [9.17, 15) is 4.79 Å². The molecule has 0 saturated carbocycles. The maximum absolute atomic E-state index is 11.7. The van der Waals surface area contributed by atoms with Crippen LogP contribution in [0.25, 0.3) is 11.1 Å². The topological polar surface area (TPSA) is 83.8 Å². The van der Waals surface area contributed by atoms with Gasteiger partial charge in [-0.25, -0.2) is 5.84 Å². The molecule has 0 atom stereocenters. The van der Waals surface area contributed by atoms with Crippen LogP contribution in [-0.4, -0.2) is 15.9 Å². The number of nitrogens with zero attached hydrogens (tertiary/aromatic N) is 1. The van der Waals surface area contributed by atoms with Crippen molar-refractivity contribution in [2.75, 3.05) is 0 Å². The van der Waals surface area contributed by atoms with Crippen LogP contribution in [0.15, 0.2) is 30.7 Å². The number of rotatable bonds is 3. The molecule has 5 heteroatoms. The summed E-state index contributed by atoms with van der Waals surface area (Å²) in [6, 6.07) is 3.74. The van der Waals surface area contributed by atoms with Crippen molar-refractivity contribution in [1.29, 1.82) is 0 Å². The van der Waals surface area contributed by atoms with Crippen molar-refractivity contribution in [3.8, 4) is 11.1 Å². The minimum Gasteiger partial charge on any atom is -0.364 e. The van der Waals surface area contributed by atoms with E-state index in [1.165, 1.54) is 0 Å². The Morgan fingerprint density at radius 1 is 1.47 bits per heavy atom. The lowest BCUT2D eigenvalue weighted by atomic mass is 10.0. The first-order valence-electron chi connectivity index (χ1n) is 5.39. The van der Waals surface area contributed by atoms with Gasteiger partial charge in [-0.2, -0.15) is 0 Å². The SMILES string of the molecule is CCc1[nH]cc(C(=O)NN)c1-c1ccncc1. The number of hydrazine groups is 1. The zero-order valence-electron chi connectivity index (χ0n) is 9.53. The number of hydrogen-bond donors (Lipinski definition) is 3. The largest absolute Gasteiger partial charge is 0.364 e. The first-order valence-corrected chi connectivity index (χ1v) is 5.39. The van der Waals surface area contributed by atoms with Crippen LogP contribution < -0.4 is 11.3 Å². The number of H-pyrrole nitrogens is 1. The van der Waals surface area contributed by atoms with Gasteiger partial charge in [-0.1, -0.05) is 6.92 Å². The Morgan fingerprint density at radius 2 is 2.18 bits per heavy atom. The number of aromatic amines is 1. The van der Waals surface area contributed by atoms with Crippen LogP contribution in [0.5, 0.6) is 0 Å². The van der Waals surface area contributed by atoms with E-state index in [1.807, 2.05) is 19.1 Å². The van der Waals surface area contributed by atoms with Crippen LogP contribution in [0.4, 0.5) is 0 Å². The Labute approximate surface area is 99.0 Å². The van der Waals surface area contributed by atoms with Gasteiger partial charge in [0.15, 0.2) is 0 Å². The number of pyridine rings is 1. The van der Waals surface area contributed by atoms with Gasteiger partial charge in [0, 0.05) is 29.8 Å². The predicted molar refractivity (Wildman–Crippen MR) is 65.1 cm³/mol. The molecule has 2 aromatic heterocycles. The third-order valence-corrected chi connectivity index (χ3v) is 2.66. The summed E-state index contributed by atoms with van der Waals surface area (Å²) in [5.74, 6) is 4.88. The van der Waals surface area contributed by atoms with E-state index in [1.54, 1.807) is 18.6 Å². The third kappa shape index (κ3) is 2.05. The van der Waals surface area contributed by atoms with E-state index < -0.39 is 0 Å². The number of amides is 1. The Hall–Kier alpha value is -2.14. The lowest BCUT2D eigenvalue weighted by molar-refractivity contribution is 0.0954. The zero-order chi connectivity index (χ0) is 12.3. The predicted octanol–water partition coefficient (Wildman–Crippen LogP) is 1.24. The molecule has 88 valence electrons. The second-order valence-electron chi connectivity index (χ2n) is 3.62. The van der Waals surface area contributed by atoms with Crippen LogP contribution in [-0.2, 0) is 6.42 Å². The number of aryl methyl sites for hydroxylation is 1. The maximum atomic E-state index is 11.7. The Morgan fingerprint density at radius 3 is 2.76 bits per heavy atom. The van der Waals surface area contributed by atoms with Crippen LogP contribution in [0.2, 0.25) is 0 Å². The molecule has 0 unspecified atom stereocenters. The van der Waals surface area contributed by atoms with Gasteiger partial charge in [-0.05, 0) is 24.1 Å². The van der Waals surface area contributed by atoms with Gasteiger partial charge in [-0.3, -0.25) is 15.2 Å². The van der Waals surface area contributed by atoms with E-state index in [0.29, 0.717) is 5.56 Å². The van der Waals surface area contributed by atoms with Crippen LogP contribution in [0.3, 0.4) is 0 Å². The average molecular weight is 230 g/mol. The molecule has 0 bridgehead atoms. The highest BCUT2D eigenvalue weighted by atomic mass is 16.2.